The largest absolute Gasteiger partial charge is 0.494 e. The molecule has 0 fully saturated rings. The topological polar surface area (TPSA) is 124 Å². The number of carbonyl (C=O) groups is 4. The Bertz CT molecular complexity index is 2070. The van der Waals surface area contributed by atoms with Gasteiger partial charge >= 0.3 is 23.9 Å². The van der Waals surface area contributed by atoms with Gasteiger partial charge in [-0.1, -0.05) is 63.4 Å². The third kappa shape index (κ3) is 12.7. The minimum Gasteiger partial charge on any atom is -0.494 e. The van der Waals surface area contributed by atoms with Crippen LogP contribution in [-0.4, -0.2) is 50.3 Å². The number of hydrogen-bond acceptors (Lipinski definition) is 10. The molecule has 0 heterocycles. The molecule has 306 valence electrons. The van der Waals surface area contributed by atoms with Crippen LogP contribution in [0.5, 0.6) is 23.0 Å². The molecule has 5 rings (SSSR count). The molecule has 0 aromatic heterocycles. The molecule has 0 atom stereocenters. The molecule has 1 aliphatic rings. The summed E-state index contributed by atoms with van der Waals surface area (Å²) in [5.74, 6) is 0.451. The summed E-state index contributed by atoms with van der Waals surface area (Å²) in [7, 11) is 0. The van der Waals surface area contributed by atoms with Crippen molar-refractivity contribution in [2.24, 2.45) is 0 Å². The molecule has 0 saturated heterocycles. The Labute approximate surface area is 345 Å². The van der Waals surface area contributed by atoms with Crippen LogP contribution in [0, 0.1) is 0 Å². The molecule has 0 N–H and O–H groups in total. The second-order valence-electron chi connectivity index (χ2n) is 14.6. The Hall–Kier alpha value is -6.68. The van der Waals surface area contributed by atoms with Crippen molar-refractivity contribution in [1.29, 1.82) is 0 Å². The Kier molecular flexibility index (Phi) is 15.2. The van der Waals surface area contributed by atoms with Crippen LogP contribution in [0.2, 0.25) is 0 Å². The highest BCUT2D eigenvalue weighted by molar-refractivity contribution is 5.91. The molecular formula is C49H50O10. The average molecular weight is 799 g/mol. The zero-order valence-electron chi connectivity index (χ0n) is 34.0. The van der Waals surface area contributed by atoms with Crippen LogP contribution in [0.15, 0.2) is 121 Å². The van der Waals surface area contributed by atoms with Crippen molar-refractivity contribution in [1.82, 2.24) is 0 Å². The maximum atomic E-state index is 12.8. The van der Waals surface area contributed by atoms with Crippen LogP contribution in [0.25, 0.3) is 23.3 Å². The lowest BCUT2D eigenvalue weighted by Crippen LogP contribution is -2.16. The van der Waals surface area contributed by atoms with Crippen molar-refractivity contribution < 1.29 is 47.6 Å². The predicted octanol–water partition coefficient (Wildman–Crippen LogP) is 9.79. The van der Waals surface area contributed by atoms with E-state index in [4.69, 9.17) is 28.4 Å². The summed E-state index contributed by atoms with van der Waals surface area (Å²) in [4.78, 5) is 48.5. The maximum absolute atomic E-state index is 12.8. The van der Waals surface area contributed by atoms with Gasteiger partial charge in [-0.3, -0.25) is 0 Å². The van der Waals surface area contributed by atoms with Gasteiger partial charge in [0, 0.05) is 28.7 Å². The first-order valence-electron chi connectivity index (χ1n) is 19.5. The number of hydrogen-bond donors (Lipinski definition) is 0. The Balaban J connectivity index is 1.07. The van der Waals surface area contributed by atoms with E-state index < -0.39 is 17.4 Å². The fourth-order valence-corrected chi connectivity index (χ4v) is 6.17. The molecule has 0 saturated carbocycles. The minimum atomic E-state index is -0.509. The van der Waals surface area contributed by atoms with Gasteiger partial charge in [-0.2, -0.15) is 0 Å². The van der Waals surface area contributed by atoms with Crippen LogP contribution < -0.4 is 18.9 Å². The molecule has 0 amide bonds. The zero-order valence-corrected chi connectivity index (χ0v) is 34.0. The van der Waals surface area contributed by atoms with E-state index in [0.29, 0.717) is 73.4 Å². The summed E-state index contributed by atoms with van der Waals surface area (Å²) in [6.45, 7) is 16.1. The summed E-state index contributed by atoms with van der Waals surface area (Å²) in [6, 6.07) is 25.9. The van der Waals surface area contributed by atoms with Gasteiger partial charge in [-0.05, 0) is 134 Å². The van der Waals surface area contributed by atoms with Crippen molar-refractivity contribution in [3.05, 3.63) is 144 Å². The number of unbranched alkanes of at least 4 members (excludes halogenated alkanes) is 2. The summed E-state index contributed by atoms with van der Waals surface area (Å²) in [5, 5.41) is 0. The van der Waals surface area contributed by atoms with E-state index in [2.05, 4.69) is 27.0 Å². The normalized spacial score (nSPS) is 12.3. The Morgan fingerprint density at radius 1 is 0.525 bits per heavy atom. The van der Waals surface area contributed by atoms with Gasteiger partial charge < -0.3 is 28.4 Å². The first-order chi connectivity index (χ1) is 28.3. The number of carbonyl (C=O) groups excluding carboxylic acids is 4. The molecule has 0 radical (unpaired) electrons. The number of ether oxygens (including phenoxy) is 6. The van der Waals surface area contributed by atoms with E-state index in [0.717, 1.165) is 46.2 Å². The highest BCUT2D eigenvalue weighted by Crippen LogP contribution is 2.50. The van der Waals surface area contributed by atoms with Gasteiger partial charge in [0.25, 0.3) is 0 Å². The zero-order chi connectivity index (χ0) is 42.4. The minimum absolute atomic E-state index is 0.323. The van der Waals surface area contributed by atoms with E-state index >= 15 is 0 Å². The van der Waals surface area contributed by atoms with Crippen LogP contribution >= 0.6 is 0 Å². The first-order valence-corrected chi connectivity index (χ1v) is 19.5. The number of benzene rings is 4. The molecule has 4 aromatic carbocycles. The van der Waals surface area contributed by atoms with Gasteiger partial charge in [-0.25, -0.2) is 19.2 Å². The number of fused-ring (bicyclic) bond motifs is 3. The summed E-state index contributed by atoms with van der Waals surface area (Å²) < 4.78 is 33.1. The Morgan fingerprint density at radius 3 is 1.25 bits per heavy atom. The Morgan fingerprint density at radius 2 is 0.881 bits per heavy atom. The van der Waals surface area contributed by atoms with Gasteiger partial charge in [-0.15, -0.1) is 0 Å². The number of esters is 4. The van der Waals surface area contributed by atoms with Crippen LogP contribution in [-0.2, 0) is 34.1 Å². The third-order valence-corrected chi connectivity index (χ3v) is 9.42. The second-order valence-corrected chi connectivity index (χ2v) is 14.6. The third-order valence-electron chi connectivity index (χ3n) is 9.42. The smallest absolute Gasteiger partial charge is 0.336 e. The van der Waals surface area contributed by atoms with Crippen LogP contribution in [0.4, 0.5) is 0 Å². The first kappa shape index (κ1) is 43.4. The van der Waals surface area contributed by atoms with Crippen molar-refractivity contribution in [3.8, 4) is 34.1 Å². The molecule has 10 nitrogen and oxygen atoms in total. The van der Waals surface area contributed by atoms with Crippen molar-refractivity contribution in [2.45, 2.75) is 58.8 Å². The number of rotatable bonds is 20. The second kappa shape index (κ2) is 20.7. The predicted molar refractivity (Wildman–Crippen MR) is 227 cm³/mol. The lowest BCUT2D eigenvalue weighted by Gasteiger charge is -2.22. The molecule has 59 heavy (non-hydrogen) atoms. The lowest BCUT2D eigenvalue weighted by atomic mass is 9.82. The van der Waals surface area contributed by atoms with Crippen molar-refractivity contribution in [3.63, 3.8) is 0 Å². The molecular weight excluding hydrogens is 749 g/mol. The van der Waals surface area contributed by atoms with Gasteiger partial charge in [0.15, 0.2) is 0 Å². The van der Waals surface area contributed by atoms with E-state index in [-0.39, 0.29) is 11.9 Å². The standard InChI is InChI=1S/C49H50O10/c1-33(2)47(52)56-29-9-7-27-54-37-17-11-35(12-18-37)15-25-45(50)58-39-21-23-41-42-24-22-40(32-44(42)49(5,6)43(41)31-39)59-46(51)26-16-36-13-19-38(20-14-36)55-28-8-10-30-57-48(53)34(3)4/h11-26,31-32H,1,3,7-10,27-30H2,2,4-6H3. The van der Waals surface area contributed by atoms with E-state index in [1.54, 1.807) is 38.1 Å². The quantitative estimate of drug-likeness (QED) is 0.0370. The monoisotopic (exact) mass is 798 g/mol. The van der Waals surface area contributed by atoms with E-state index in [1.165, 1.54) is 12.2 Å². The lowest BCUT2D eigenvalue weighted by molar-refractivity contribution is -0.139. The van der Waals surface area contributed by atoms with Gasteiger partial charge in [0.05, 0.1) is 26.4 Å². The van der Waals surface area contributed by atoms with E-state index in [9.17, 15) is 19.2 Å². The highest BCUT2D eigenvalue weighted by Gasteiger charge is 2.36. The summed E-state index contributed by atoms with van der Waals surface area (Å²) in [6.07, 6.45) is 8.96. The van der Waals surface area contributed by atoms with Crippen LogP contribution in [0.3, 0.4) is 0 Å². The molecule has 0 aliphatic heterocycles. The molecule has 1 aliphatic carbocycles. The van der Waals surface area contributed by atoms with Gasteiger partial charge in [0.1, 0.15) is 23.0 Å². The SMILES string of the molecule is C=C(C)C(=O)OCCCCOc1ccc(C=CC(=O)Oc2ccc3c(c2)C(C)(C)c2cc(OC(=O)C=Cc4ccc(OCCCCOC(=O)C(=C)C)cc4)ccc2-3)cc1. The maximum Gasteiger partial charge on any atom is 0.336 e. The fraction of sp³-hybridized carbons (Fsp3) is 0.265. The fourth-order valence-electron chi connectivity index (χ4n) is 6.17. The summed E-state index contributed by atoms with van der Waals surface area (Å²) >= 11 is 0. The molecule has 0 bridgehead atoms. The van der Waals surface area contributed by atoms with E-state index in [1.807, 2.05) is 72.8 Å². The molecule has 4 aromatic rings. The van der Waals surface area contributed by atoms with Crippen molar-refractivity contribution in [2.75, 3.05) is 26.4 Å². The molecule has 0 unspecified atom stereocenters. The summed E-state index contributed by atoms with van der Waals surface area (Å²) in [5.41, 5.74) is 5.94. The molecule has 10 heteroatoms. The van der Waals surface area contributed by atoms with Crippen LogP contribution in [0.1, 0.15) is 75.6 Å². The van der Waals surface area contributed by atoms with Crippen molar-refractivity contribution >= 4 is 36.0 Å². The highest BCUT2D eigenvalue weighted by atomic mass is 16.5. The molecule has 0 spiro atoms. The van der Waals surface area contributed by atoms with Gasteiger partial charge in [0.2, 0.25) is 0 Å². The average Bonchev–Trinajstić information content (AvgIpc) is 3.44.